The van der Waals surface area contributed by atoms with Crippen LogP contribution in [-0.4, -0.2) is 27.0 Å². The number of fused-ring (bicyclic) bond motifs is 1. The van der Waals surface area contributed by atoms with Crippen molar-refractivity contribution in [3.8, 4) is 0 Å². The van der Waals surface area contributed by atoms with E-state index < -0.39 is 5.54 Å². The van der Waals surface area contributed by atoms with Gasteiger partial charge in [-0.25, -0.2) is 4.98 Å². The van der Waals surface area contributed by atoms with Gasteiger partial charge in [0.1, 0.15) is 11.4 Å². The highest BCUT2D eigenvalue weighted by Gasteiger charge is 2.38. The number of hydrogen-bond donors (Lipinski definition) is 2. The van der Waals surface area contributed by atoms with E-state index in [1.807, 2.05) is 13.8 Å². The zero-order chi connectivity index (χ0) is 14.3. The van der Waals surface area contributed by atoms with Crippen molar-refractivity contribution in [2.45, 2.75) is 70.5 Å². The number of aryl methyl sites for hydroxylation is 2. The average Bonchev–Trinajstić information content (AvgIpc) is 3.15. The molecule has 1 aromatic heterocycles. The lowest BCUT2D eigenvalue weighted by Crippen LogP contribution is -2.56. The van der Waals surface area contributed by atoms with Gasteiger partial charge in [0.05, 0.1) is 12.2 Å². The highest BCUT2D eigenvalue weighted by Crippen LogP contribution is 2.26. The van der Waals surface area contributed by atoms with E-state index in [1.165, 1.54) is 24.2 Å². The lowest BCUT2D eigenvalue weighted by atomic mass is 9.98. The summed E-state index contributed by atoms with van der Waals surface area (Å²) in [5.74, 6) is 0.726. The van der Waals surface area contributed by atoms with Crippen molar-refractivity contribution < 1.29 is 4.79 Å². The predicted molar refractivity (Wildman–Crippen MR) is 77.4 cm³/mol. The molecule has 110 valence electrons. The topological polar surface area (TPSA) is 72.9 Å². The Morgan fingerprint density at radius 3 is 2.80 bits per heavy atom. The fourth-order valence-corrected chi connectivity index (χ4v) is 3.13. The summed E-state index contributed by atoms with van der Waals surface area (Å²) in [6, 6.07) is 0.451. The number of imidazole rings is 1. The average molecular weight is 276 g/mol. The summed E-state index contributed by atoms with van der Waals surface area (Å²) in [4.78, 5) is 16.6. The smallest absolute Gasteiger partial charge is 0.239 e. The third kappa shape index (κ3) is 2.46. The maximum absolute atomic E-state index is 11.9. The van der Waals surface area contributed by atoms with E-state index in [2.05, 4.69) is 14.9 Å². The van der Waals surface area contributed by atoms with Gasteiger partial charge >= 0.3 is 0 Å². The molecule has 3 rings (SSSR count). The number of nitrogens with two attached hydrogens (primary N) is 1. The molecular formula is C15H24N4O. The van der Waals surface area contributed by atoms with Crippen LogP contribution in [0.15, 0.2) is 0 Å². The minimum atomic E-state index is -0.683. The molecule has 5 heteroatoms. The van der Waals surface area contributed by atoms with Crippen molar-refractivity contribution in [3.05, 3.63) is 17.2 Å². The number of aromatic nitrogens is 2. The van der Waals surface area contributed by atoms with Crippen molar-refractivity contribution in [1.29, 1.82) is 0 Å². The van der Waals surface area contributed by atoms with Crippen molar-refractivity contribution >= 4 is 5.91 Å². The molecule has 0 aliphatic heterocycles. The Hall–Kier alpha value is -1.36. The van der Waals surface area contributed by atoms with E-state index in [4.69, 9.17) is 5.73 Å². The molecule has 0 spiro atoms. The second-order valence-electron chi connectivity index (χ2n) is 6.46. The van der Waals surface area contributed by atoms with E-state index in [9.17, 15) is 4.79 Å². The summed E-state index contributed by atoms with van der Waals surface area (Å²) in [5.41, 5.74) is 7.49. The van der Waals surface area contributed by atoms with Gasteiger partial charge in [-0.2, -0.15) is 0 Å². The van der Waals surface area contributed by atoms with Gasteiger partial charge in [-0.05, 0) is 52.4 Å². The fourth-order valence-electron chi connectivity index (χ4n) is 3.13. The van der Waals surface area contributed by atoms with Crippen LogP contribution in [0.25, 0.3) is 0 Å². The molecule has 20 heavy (non-hydrogen) atoms. The molecule has 1 aromatic rings. The Bertz CT molecular complexity index is 532. The number of carbonyl (C=O) groups is 1. The molecule has 3 N–H and O–H groups in total. The van der Waals surface area contributed by atoms with Crippen LogP contribution in [-0.2, 0) is 24.2 Å². The van der Waals surface area contributed by atoms with E-state index in [0.717, 1.165) is 31.5 Å². The van der Waals surface area contributed by atoms with Crippen molar-refractivity contribution in [1.82, 2.24) is 14.9 Å². The van der Waals surface area contributed by atoms with E-state index in [-0.39, 0.29) is 5.91 Å². The summed E-state index contributed by atoms with van der Waals surface area (Å²) in [5, 5.41) is 3.42. The number of hydrogen-bond acceptors (Lipinski definition) is 3. The fraction of sp³-hybridized carbons (Fsp3) is 0.733. The molecule has 1 atom stereocenters. The minimum absolute atomic E-state index is 0.276. The normalized spacial score (nSPS) is 21.3. The van der Waals surface area contributed by atoms with E-state index in [0.29, 0.717) is 12.6 Å². The molecule has 2 aliphatic carbocycles. The molecule has 0 aromatic carbocycles. The Balaban J connectivity index is 1.88. The number of nitrogens with one attached hydrogen (secondary N) is 1. The molecular weight excluding hydrogens is 252 g/mol. The van der Waals surface area contributed by atoms with Crippen LogP contribution in [0, 0.1) is 6.92 Å². The van der Waals surface area contributed by atoms with Gasteiger partial charge < -0.3 is 10.3 Å². The standard InChI is InChI=1S/C15H24N4O/c1-10-17-12-5-3-4-6-13(12)19(10)9-15(2,14(16)20)18-11-7-8-11/h11,18H,3-9H2,1-2H3,(H2,16,20). The molecule has 1 unspecified atom stereocenters. The third-order valence-electron chi connectivity index (χ3n) is 4.54. The van der Waals surface area contributed by atoms with E-state index >= 15 is 0 Å². The van der Waals surface area contributed by atoms with Crippen LogP contribution < -0.4 is 11.1 Å². The maximum Gasteiger partial charge on any atom is 0.239 e. The summed E-state index contributed by atoms with van der Waals surface area (Å²) in [6.07, 6.45) is 6.84. The summed E-state index contributed by atoms with van der Waals surface area (Å²) in [6.45, 7) is 4.53. The first-order valence-electron chi connectivity index (χ1n) is 7.62. The number of primary amides is 1. The first-order valence-corrected chi connectivity index (χ1v) is 7.62. The lowest BCUT2D eigenvalue weighted by Gasteiger charge is -2.30. The predicted octanol–water partition coefficient (Wildman–Crippen LogP) is 1.07. The zero-order valence-corrected chi connectivity index (χ0v) is 12.4. The van der Waals surface area contributed by atoms with Crippen LogP contribution in [0.3, 0.4) is 0 Å². The largest absolute Gasteiger partial charge is 0.368 e. The Kier molecular flexibility index (Phi) is 3.32. The summed E-state index contributed by atoms with van der Waals surface area (Å²) < 4.78 is 2.20. The Morgan fingerprint density at radius 2 is 2.15 bits per heavy atom. The van der Waals surface area contributed by atoms with Gasteiger partial charge in [0.15, 0.2) is 0 Å². The van der Waals surface area contributed by atoms with Crippen molar-refractivity contribution in [2.24, 2.45) is 5.73 Å². The zero-order valence-electron chi connectivity index (χ0n) is 12.4. The molecule has 1 amide bonds. The first-order chi connectivity index (χ1) is 9.49. The SMILES string of the molecule is Cc1nc2c(n1CC(C)(NC1CC1)C(N)=O)CCCC2. The minimum Gasteiger partial charge on any atom is -0.368 e. The van der Waals surface area contributed by atoms with Crippen LogP contribution in [0.5, 0.6) is 0 Å². The molecule has 0 saturated heterocycles. The summed E-state index contributed by atoms with van der Waals surface area (Å²) in [7, 11) is 0. The van der Waals surface area contributed by atoms with Crippen molar-refractivity contribution in [2.75, 3.05) is 0 Å². The Labute approximate surface area is 119 Å². The first kappa shape index (κ1) is 13.6. The van der Waals surface area contributed by atoms with Crippen molar-refractivity contribution in [3.63, 3.8) is 0 Å². The number of rotatable bonds is 5. The van der Waals surface area contributed by atoms with Gasteiger partial charge in [0.25, 0.3) is 0 Å². The number of amides is 1. The van der Waals surface area contributed by atoms with Crippen LogP contribution in [0.2, 0.25) is 0 Å². The molecule has 2 aliphatic rings. The quantitative estimate of drug-likeness (QED) is 0.845. The number of nitrogens with zero attached hydrogens (tertiary/aromatic N) is 2. The Morgan fingerprint density at radius 1 is 1.45 bits per heavy atom. The maximum atomic E-state index is 11.9. The summed E-state index contributed by atoms with van der Waals surface area (Å²) >= 11 is 0. The van der Waals surface area contributed by atoms with Gasteiger partial charge in [-0.1, -0.05) is 0 Å². The number of carbonyl (C=O) groups excluding carboxylic acids is 1. The molecule has 0 radical (unpaired) electrons. The molecule has 1 saturated carbocycles. The second kappa shape index (κ2) is 4.88. The van der Waals surface area contributed by atoms with Crippen LogP contribution in [0.1, 0.15) is 49.8 Å². The van der Waals surface area contributed by atoms with Crippen LogP contribution >= 0.6 is 0 Å². The highest BCUT2D eigenvalue weighted by atomic mass is 16.1. The second-order valence-corrected chi connectivity index (χ2v) is 6.46. The van der Waals surface area contributed by atoms with Gasteiger partial charge in [0, 0.05) is 11.7 Å². The van der Waals surface area contributed by atoms with Gasteiger partial charge in [-0.15, -0.1) is 0 Å². The highest BCUT2D eigenvalue weighted by molar-refractivity contribution is 5.84. The molecule has 1 fully saturated rings. The van der Waals surface area contributed by atoms with E-state index in [1.54, 1.807) is 0 Å². The lowest BCUT2D eigenvalue weighted by molar-refractivity contribution is -0.124. The molecule has 5 nitrogen and oxygen atoms in total. The molecule has 0 bridgehead atoms. The van der Waals surface area contributed by atoms with Gasteiger partial charge in [-0.3, -0.25) is 10.1 Å². The molecule has 1 heterocycles. The monoisotopic (exact) mass is 276 g/mol. The van der Waals surface area contributed by atoms with Gasteiger partial charge in [0.2, 0.25) is 5.91 Å². The third-order valence-corrected chi connectivity index (χ3v) is 4.54. The van der Waals surface area contributed by atoms with Crippen LogP contribution in [0.4, 0.5) is 0 Å².